The SMILES string of the molecule is COc1ccc(C(=O)OC(O)c2ccccc2)cc1. The van der Waals surface area contributed by atoms with Gasteiger partial charge in [0.1, 0.15) is 5.75 Å². The summed E-state index contributed by atoms with van der Waals surface area (Å²) >= 11 is 0. The maximum absolute atomic E-state index is 11.8. The molecule has 2 aromatic carbocycles. The number of methoxy groups -OCH3 is 1. The molecule has 2 aromatic rings. The molecule has 0 aliphatic carbocycles. The van der Waals surface area contributed by atoms with Crippen LogP contribution in [0.25, 0.3) is 0 Å². The van der Waals surface area contributed by atoms with Crippen molar-refractivity contribution in [2.75, 3.05) is 7.11 Å². The molecule has 1 N–H and O–H groups in total. The molecule has 0 radical (unpaired) electrons. The highest BCUT2D eigenvalue weighted by Crippen LogP contribution is 2.17. The highest BCUT2D eigenvalue weighted by Gasteiger charge is 2.14. The third-order valence-electron chi connectivity index (χ3n) is 2.63. The van der Waals surface area contributed by atoms with E-state index in [1.165, 1.54) is 0 Å². The molecular formula is C15H14O4. The molecule has 0 saturated carbocycles. The third-order valence-corrected chi connectivity index (χ3v) is 2.63. The van der Waals surface area contributed by atoms with Gasteiger partial charge in [0, 0.05) is 5.56 Å². The van der Waals surface area contributed by atoms with Crippen LogP contribution in [-0.4, -0.2) is 18.2 Å². The normalized spacial score (nSPS) is 11.7. The van der Waals surface area contributed by atoms with Gasteiger partial charge in [0.25, 0.3) is 0 Å². The minimum atomic E-state index is -1.27. The maximum Gasteiger partial charge on any atom is 0.340 e. The Hall–Kier alpha value is -2.33. The van der Waals surface area contributed by atoms with Gasteiger partial charge >= 0.3 is 5.97 Å². The van der Waals surface area contributed by atoms with Gasteiger partial charge in [0.15, 0.2) is 0 Å². The molecule has 0 fully saturated rings. The van der Waals surface area contributed by atoms with E-state index in [0.717, 1.165) is 0 Å². The first kappa shape index (κ1) is 13.1. The molecule has 0 saturated heterocycles. The van der Waals surface area contributed by atoms with Gasteiger partial charge in [-0.2, -0.15) is 0 Å². The molecule has 0 aromatic heterocycles. The van der Waals surface area contributed by atoms with E-state index in [-0.39, 0.29) is 0 Å². The zero-order valence-electron chi connectivity index (χ0n) is 10.4. The van der Waals surface area contributed by atoms with Crippen LogP contribution in [0, 0.1) is 0 Å². The number of ether oxygens (including phenoxy) is 2. The van der Waals surface area contributed by atoms with Crippen molar-refractivity contribution < 1.29 is 19.4 Å². The molecule has 0 amide bonds. The second-order valence-corrected chi connectivity index (χ2v) is 3.90. The van der Waals surface area contributed by atoms with E-state index in [2.05, 4.69) is 0 Å². The second kappa shape index (κ2) is 6.02. The van der Waals surface area contributed by atoms with Crippen LogP contribution in [-0.2, 0) is 4.74 Å². The first-order valence-electron chi connectivity index (χ1n) is 5.79. The van der Waals surface area contributed by atoms with Gasteiger partial charge in [0.2, 0.25) is 6.29 Å². The number of hydrogen-bond acceptors (Lipinski definition) is 4. The van der Waals surface area contributed by atoms with Gasteiger partial charge in [0.05, 0.1) is 12.7 Å². The lowest BCUT2D eigenvalue weighted by molar-refractivity contribution is -0.0671. The predicted molar refractivity (Wildman–Crippen MR) is 69.8 cm³/mol. The minimum Gasteiger partial charge on any atom is -0.497 e. The minimum absolute atomic E-state index is 0.357. The van der Waals surface area contributed by atoms with Crippen molar-refractivity contribution in [1.29, 1.82) is 0 Å². The number of hydrogen-bond donors (Lipinski definition) is 1. The molecule has 4 nitrogen and oxygen atoms in total. The molecular weight excluding hydrogens is 244 g/mol. The van der Waals surface area contributed by atoms with Gasteiger partial charge in [-0.25, -0.2) is 4.79 Å². The Kier molecular flexibility index (Phi) is 4.15. The zero-order chi connectivity index (χ0) is 13.7. The number of aliphatic hydroxyl groups excluding tert-OH is 1. The summed E-state index contributed by atoms with van der Waals surface area (Å²) in [5.41, 5.74) is 0.889. The fourth-order valence-corrected chi connectivity index (χ4v) is 1.58. The molecule has 98 valence electrons. The molecule has 0 aliphatic rings. The van der Waals surface area contributed by atoms with E-state index in [1.807, 2.05) is 6.07 Å². The Labute approximate surface area is 111 Å². The van der Waals surface area contributed by atoms with Crippen LogP contribution < -0.4 is 4.74 Å². The Morgan fingerprint density at radius 3 is 2.26 bits per heavy atom. The Bertz CT molecular complexity index is 534. The fraction of sp³-hybridized carbons (Fsp3) is 0.133. The zero-order valence-corrected chi connectivity index (χ0v) is 10.4. The molecule has 1 unspecified atom stereocenters. The number of carbonyl (C=O) groups excluding carboxylic acids is 1. The molecule has 0 heterocycles. The first-order chi connectivity index (χ1) is 9.20. The maximum atomic E-state index is 11.8. The smallest absolute Gasteiger partial charge is 0.340 e. The van der Waals surface area contributed by atoms with E-state index in [9.17, 15) is 9.90 Å². The van der Waals surface area contributed by atoms with Crippen LogP contribution in [0.1, 0.15) is 22.2 Å². The van der Waals surface area contributed by atoms with Crippen molar-refractivity contribution in [2.24, 2.45) is 0 Å². The summed E-state index contributed by atoms with van der Waals surface area (Å²) in [6.45, 7) is 0. The van der Waals surface area contributed by atoms with Gasteiger partial charge in [-0.1, -0.05) is 30.3 Å². The van der Waals surface area contributed by atoms with Crippen LogP contribution in [0.4, 0.5) is 0 Å². The second-order valence-electron chi connectivity index (χ2n) is 3.90. The summed E-state index contributed by atoms with van der Waals surface area (Å²) in [6.07, 6.45) is -1.27. The summed E-state index contributed by atoms with van der Waals surface area (Å²) in [6, 6.07) is 15.2. The lowest BCUT2D eigenvalue weighted by Gasteiger charge is -2.12. The molecule has 0 spiro atoms. The van der Waals surface area contributed by atoms with E-state index in [0.29, 0.717) is 16.9 Å². The van der Waals surface area contributed by atoms with Crippen molar-refractivity contribution in [3.63, 3.8) is 0 Å². The van der Waals surface area contributed by atoms with E-state index in [4.69, 9.17) is 9.47 Å². The molecule has 2 rings (SSSR count). The summed E-state index contributed by atoms with van der Waals surface area (Å²) in [4.78, 5) is 11.8. The largest absolute Gasteiger partial charge is 0.497 e. The summed E-state index contributed by atoms with van der Waals surface area (Å²) in [7, 11) is 1.55. The number of aliphatic hydroxyl groups is 1. The van der Waals surface area contributed by atoms with Crippen molar-refractivity contribution >= 4 is 5.97 Å². The highest BCUT2D eigenvalue weighted by molar-refractivity contribution is 5.89. The van der Waals surface area contributed by atoms with E-state index < -0.39 is 12.3 Å². The Morgan fingerprint density at radius 2 is 1.68 bits per heavy atom. The summed E-state index contributed by atoms with van der Waals surface area (Å²) in [5, 5.41) is 9.79. The molecule has 1 atom stereocenters. The highest BCUT2D eigenvalue weighted by atomic mass is 16.6. The van der Waals surface area contributed by atoms with Crippen molar-refractivity contribution in [3.05, 3.63) is 65.7 Å². The van der Waals surface area contributed by atoms with Crippen molar-refractivity contribution in [1.82, 2.24) is 0 Å². The number of carbonyl (C=O) groups is 1. The number of benzene rings is 2. The Balaban J connectivity index is 2.04. The monoisotopic (exact) mass is 258 g/mol. The van der Waals surface area contributed by atoms with Crippen LogP contribution in [0.3, 0.4) is 0 Å². The fourth-order valence-electron chi connectivity index (χ4n) is 1.58. The summed E-state index contributed by atoms with van der Waals surface area (Å²) < 4.78 is 9.97. The standard InChI is InChI=1S/C15H14O4/c1-18-13-9-7-12(8-10-13)15(17)19-14(16)11-5-3-2-4-6-11/h2-10,14,16H,1H3. The van der Waals surface area contributed by atoms with E-state index in [1.54, 1.807) is 55.6 Å². The van der Waals surface area contributed by atoms with Gasteiger partial charge in [-0.15, -0.1) is 0 Å². The van der Waals surface area contributed by atoms with E-state index >= 15 is 0 Å². The average molecular weight is 258 g/mol. The van der Waals surface area contributed by atoms with Crippen LogP contribution in [0.2, 0.25) is 0 Å². The first-order valence-corrected chi connectivity index (χ1v) is 5.79. The van der Waals surface area contributed by atoms with Crippen molar-refractivity contribution in [2.45, 2.75) is 6.29 Å². The Morgan fingerprint density at radius 1 is 1.05 bits per heavy atom. The van der Waals surface area contributed by atoms with Gasteiger partial charge < -0.3 is 14.6 Å². The number of rotatable bonds is 4. The van der Waals surface area contributed by atoms with Gasteiger partial charge in [-0.05, 0) is 24.3 Å². The van der Waals surface area contributed by atoms with Crippen molar-refractivity contribution in [3.8, 4) is 5.75 Å². The molecule has 19 heavy (non-hydrogen) atoms. The van der Waals surface area contributed by atoms with Crippen LogP contribution in [0.5, 0.6) is 5.75 Å². The third kappa shape index (κ3) is 3.33. The van der Waals surface area contributed by atoms with Crippen LogP contribution >= 0.6 is 0 Å². The molecule has 4 heteroatoms. The lowest BCUT2D eigenvalue weighted by Crippen LogP contribution is -2.11. The topological polar surface area (TPSA) is 55.8 Å². The van der Waals surface area contributed by atoms with Gasteiger partial charge in [-0.3, -0.25) is 0 Å². The predicted octanol–water partition coefficient (Wildman–Crippen LogP) is 2.54. The lowest BCUT2D eigenvalue weighted by atomic mass is 10.2. The quantitative estimate of drug-likeness (QED) is 0.676. The average Bonchev–Trinajstić information content (AvgIpc) is 2.48. The molecule has 0 aliphatic heterocycles. The molecule has 0 bridgehead atoms. The summed E-state index contributed by atoms with van der Waals surface area (Å²) in [5.74, 6) is 0.0687. The van der Waals surface area contributed by atoms with Crippen LogP contribution in [0.15, 0.2) is 54.6 Å². The number of esters is 1.